The maximum absolute atomic E-state index is 12.5. The lowest BCUT2D eigenvalue weighted by Crippen LogP contribution is -2.20. The molecule has 0 aliphatic heterocycles. The minimum absolute atomic E-state index is 0.0543. The van der Waals surface area contributed by atoms with E-state index in [0.717, 1.165) is 24.0 Å². The summed E-state index contributed by atoms with van der Waals surface area (Å²) in [5.41, 5.74) is 4.15. The van der Waals surface area contributed by atoms with Crippen LogP contribution in [0.15, 0.2) is 72.8 Å². The van der Waals surface area contributed by atoms with Crippen molar-refractivity contribution >= 4 is 11.8 Å². The smallest absolute Gasteiger partial charge is 0.343 e. The molecule has 0 radical (unpaired) electrons. The van der Waals surface area contributed by atoms with Crippen LogP contribution in [0.1, 0.15) is 60.4 Å². The predicted octanol–water partition coefficient (Wildman–Crippen LogP) is 6.75. The van der Waals surface area contributed by atoms with Crippen molar-refractivity contribution in [2.45, 2.75) is 40.5 Å². The first kappa shape index (κ1) is 21.5. The first-order valence-corrected chi connectivity index (χ1v) is 10.3. The van der Waals surface area contributed by atoms with Crippen LogP contribution in [-0.4, -0.2) is 11.8 Å². The largest absolute Gasteiger partial charge is 0.423 e. The molecule has 3 aromatic carbocycles. The molecular weight excluding hydrogens is 372 g/mol. The molecule has 3 heteroatoms. The highest BCUT2D eigenvalue weighted by atomic mass is 16.5. The number of carbonyl (C=O) groups excluding carboxylic acids is 2. The Morgan fingerprint density at radius 1 is 0.733 bits per heavy atom. The van der Waals surface area contributed by atoms with E-state index < -0.39 is 11.4 Å². The van der Waals surface area contributed by atoms with Gasteiger partial charge in [-0.1, -0.05) is 70.5 Å². The van der Waals surface area contributed by atoms with Crippen LogP contribution in [0.4, 0.5) is 0 Å². The van der Waals surface area contributed by atoms with E-state index in [9.17, 15) is 9.59 Å². The highest BCUT2D eigenvalue weighted by Gasteiger charge is 2.22. The van der Waals surface area contributed by atoms with Crippen molar-refractivity contribution in [3.8, 4) is 16.9 Å². The first-order chi connectivity index (χ1) is 14.3. The Morgan fingerprint density at radius 3 is 1.73 bits per heavy atom. The molecule has 0 N–H and O–H groups in total. The van der Waals surface area contributed by atoms with Crippen LogP contribution < -0.4 is 4.74 Å². The van der Waals surface area contributed by atoms with Crippen LogP contribution in [0.3, 0.4) is 0 Å². The number of ketones is 1. The number of aryl methyl sites for hydroxylation is 1. The highest BCUT2D eigenvalue weighted by molar-refractivity contribution is 6.00. The number of esters is 1. The second-order valence-electron chi connectivity index (χ2n) is 8.52. The van der Waals surface area contributed by atoms with Gasteiger partial charge in [-0.3, -0.25) is 4.79 Å². The Labute approximate surface area is 178 Å². The van der Waals surface area contributed by atoms with Crippen molar-refractivity contribution in [1.82, 2.24) is 0 Å². The van der Waals surface area contributed by atoms with Crippen LogP contribution in [0, 0.1) is 5.41 Å². The molecule has 3 rings (SSSR count). The van der Waals surface area contributed by atoms with Gasteiger partial charge in [0.15, 0.2) is 5.78 Å². The van der Waals surface area contributed by atoms with Gasteiger partial charge in [0.2, 0.25) is 0 Å². The fourth-order valence-electron chi connectivity index (χ4n) is 3.22. The molecule has 0 heterocycles. The summed E-state index contributed by atoms with van der Waals surface area (Å²) in [6, 6.07) is 22.6. The fourth-order valence-corrected chi connectivity index (χ4v) is 3.22. The number of carbonyl (C=O) groups is 2. The minimum Gasteiger partial charge on any atom is -0.423 e. The summed E-state index contributed by atoms with van der Waals surface area (Å²) in [6.45, 7) is 7.82. The van der Waals surface area contributed by atoms with Crippen molar-refractivity contribution < 1.29 is 14.3 Å². The van der Waals surface area contributed by atoms with E-state index in [1.54, 1.807) is 36.4 Å². The van der Waals surface area contributed by atoms with E-state index in [2.05, 4.69) is 31.2 Å². The number of Topliss-reactive ketones (excluding diaryl/α,β-unsaturated/α-hetero) is 1. The van der Waals surface area contributed by atoms with Crippen LogP contribution in [-0.2, 0) is 6.42 Å². The molecule has 154 valence electrons. The van der Waals surface area contributed by atoms with Gasteiger partial charge in [0.05, 0.1) is 5.56 Å². The van der Waals surface area contributed by atoms with E-state index >= 15 is 0 Å². The zero-order valence-electron chi connectivity index (χ0n) is 18.1. The van der Waals surface area contributed by atoms with E-state index in [1.807, 2.05) is 32.9 Å². The Hall–Kier alpha value is -3.20. The van der Waals surface area contributed by atoms with Gasteiger partial charge in [-0.25, -0.2) is 4.79 Å². The zero-order chi connectivity index (χ0) is 21.7. The Morgan fingerprint density at radius 2 is 1.23 bits per heavy atom. The summed E-state index contributed by atoms with van der Waals surface area (Å²) in [5, 5.41) is 0. The van der Waals surface area contributed by atoms with Gasteiger partial charge < -0.3 is 4.74 Å². The average molecular weight is 401 g/mol. The molecule has 0 saturated heterocycles. The number of hydrogen-bond acceptors (Lipinski definition) is 3. The maximum atomic E-state index is 12.5. The van der Waals surface area contributed by atoms with Crippen molar-refractivity contribution in [1.29, 1.82) is 0 Å². The lowest BCUT2D eigenvalue weighted by molar-refractivity contribution is 0.0734. The summed E-state index contributed by atoms with van der Waals surface area (Å²) in [7, 11) is 0. The van der Waals surface area contributed by atoms with Crippen LogP contribution in [0.5, 0.6) is 5.75 Å². The third-order valence-corrected chi connectivity index (χ3v) is 4.95. The molecule has 0 saturated carbocycles. The molecule has 0 unspecified atom stereocenters. The van der Waals surface area contributed by atoms with Crippen LogP contribution >= 0.6 is 0 Å². The Balaban J connectivity index is 1.66. The molecule has 0 fully saturated rings. The number of rotatable bonds is 6. The second-order valence-corrected chi connectivity index (χ2v) is 8.52. The van der Waals surface area contributed by atoms with Crippen molar-refractivity contribution in [3.05, 3.63) is 89.5 Å². The lowest BCUT2D eigenvalue weighted by Gasteiger charge is -2.16. The van der Waals surface area contributed by atoms with Gasteiger partial charge in [0, 0.05) is 11.0 Å². The lowest BCUT2D eigenvalue weighted by atomic mass is 9.86. The number of ether oxygens (including phenoxy) is 1. The topological polar surface area (TPSA) is 43.4 Å². The molecule has 0 aliphatic rings. The molecule has 0 aliphatic carbocycles. The molecular formula is C27H28O3. The van der Waals surface area contributed by atoms with E-state index in [0.29, 0.717) is 16.9 Å². The van der Waals surface area contributed by atoms with Gasteiger partial charge in [-0.15, -0.1) is 0 Å². The first-order valence-electron chi connectivity index (χ1n) is 10.3. The van der Waals surface area contributed by atoms with Gasteiger partial charge in [0.1, 0.15) is 5.75 Å². The van der Waals surface area contributed by atoms with Gasteiger partial charge in [0.25, 0.3) is 0 Å². The Bertz CT molecular complexity index is 1010. The fraction of sp³-hybridized carbons (Fsp3) is 0.259. The average Bonchev–Trinajstić information content (AvgIpc) is 2.74. The summed E-state index contributed by atoms with van der Waals surface area (Å²) >= 11 is 0. The summed E-state index contributed by atoms with van der Waals surface area (Å²) < 4.78 is 5.46. The van der Waals surface area contributed by atoms with E-state index in [4.69, 9.17) is 4.74 Å². The van der Waals surface area contributed by atoms with Crippen molar-refractivity contribution in [2.24, 2.45) is 5.41 Å². The number of hydrogen-bond donors (Lipinski definition) is 0. The molecule has 0 spiro atoms. The van der Waals surface area contributed by atoms with E-state index in [-0.39, 0.29) is 5.78 Å². The molecule has 0 atom stereocenters. The third-order valence-electron chi connectivity index (χ3n) is 4.95. The molecule has 0 bridgehead atoms. The Kier molecular flexibility index (Phi) is 6.51. The molecule has 0 amide bonds. The van der Waals surface area contributed by atoms with Crippen molar-refractivity contribution in [3.63, 3.8) is 0 Å². The highest BCUT2D eigenvalue weighted by Crippen LogP contribution is 2.24. The monoisotopic (exact) mass is 400 g/mol. The molecule has 3 aromatic rings. The normalized spacial score (nSPS) is 11.2. The predicted molar refractivity (Wildman–Crippen MR) is 121 cm³/mol. The van der Waals surface area contributed by atoms with Crippen molar-refractivity contribution in [2.75, 3.05) is 0 Å². The standard InChI is InChI=1S/C27H28O3/c1-5-6-19-7-9-20(10-8-19)21-11-13-23(14-12-21)26(29)30-24-17-15-22(16-18-24)25(28)27(2,3)4/h7-18H,5-6H2,1-4H3. The maximum Gasteiger partial charge on any atom is 0.343 e. The number of benzene rings is 3. The molecule has 3 nitrogen and oxygen atoms in total. The molecule has 30 heavy (non-hydrogen) atoms. The minimum atomic E-state index is -0.448. The summed E-state index contributed by atoms with van der Waals surface area (Å²) in [5.74, 6) is 0.0504. The third kappa shape index (κ3) is 5.24. The van der Waals surface area contributed by atoms with Gasteiger partial charge in [-0.2, -0.15) is 0 Å². The summed E-state index contributed by atoms with van der Waals surface area (Å²) in [6.07, 6.45) is 2.21. The van der Waals surface area contributed by atoms with Gasteiger partial charge >= 0.3 is 5.97 Å². The SMILES string of the molecule is CCCc1ccc(-c2ccc(C(=O)Oc3ccc(C(=O)C(C)(C)C)cc3)cc2)cc1. The van der Waals surface area contributed by atoms with Crippen LogP contribution in [0.2, 0.25) is 0 Å². The van der Waals surface area contributed by atoms with Gasteiger partial charge in [-0.05, 0) is 59.5 Å². The molecule has 0 aromatic heterocycles. The quantitative estimate of drug-likeness (QED) is 0.261. The van der Waals surface area contributed by atoms with Crippen LogP contribution in [0.25, 0.3) is 11.1 Å². The zero-order valence-corrected chi connectivity index (χ0v) is 18.1. The van der Waals surface area contributed by atoms with E-state index in [1.165, 1.54) is 5.56 Å². The summed E-state index contributed by atoms with van der Waals surface area (Å²) in [4.78, 5) is 24.8. The second kappa shape index (κ2) is 9.08.